The van der Waals surface area contributed by atoms with Crippen LogP contribution in [0.1, 0.15) is 0 Å². The Morgan fingerprint density at radius 3 is 1.69 bits per heavy atom. The standard InChI is InChI=1S/C4H3F3N2O4/c5-4(6,7)2(9-13)1(8-12)3(10)11/h12-13H,(H,10,11). The summed E-state index contributed by atoms with van der Waals surface area (Å²) in [4.78, 5) is 9.99. The number of aliphatic carboxylic acids is 1. The third-order valence-electron chi connectivity index (χ3n) is 0.895. The molecule has 74 valence electrons. The highest BCUT2D eigenvalue weighted by molar-refractivity contribution is 6.66. The zero-order valence-electron chi connectivity index (χ0n) is 5.78. The van der Waals surface area contributed by atoms with Crippen LogP contribution in [-0.4, -0.2) is 39.1 Å². The van der Waals surface area contributed by atoms with Gasteiger partial charge in [0, 0.05) is 0 Å². The van der Waals surface area contributed by atoms with Crippen LogP contribution in [-0.2, 0) is 4.79 Å². The molecule has 0 aliphatic carbocycles. The molecule has 0 atom stereocenters. The molecular weight excluding hydrogens is 197 g/mol. The number of carbonyl (C=O) groups is 1. The number of hydrogen-bond donors (Lipinski definition) is 3. The number of nitrogens with zero attached hydrogens (tertiary/aromatic N) is 2. The van der Waals surface area contributed by atoms with Gasteiger partial charge in [-0.2, -0.15) is 13.2 Å². The van der Waals surface area contributed by atoms with Crippen molar-refractivity contribution in [2.45, 2.75) is 6.18 Å². The van der Waals surface area contributed by atoms with E-state index in [4.69, 9.17) is 15.5 Å². The minimum atomic E-state index is -5.20. The Kier molecular flexibility index (Phi) is 3.22. The fraction of sp³-hybridized carbons (Fsp3) is 0.250. The van der Waals surface area contributed by atoms with Gasteiger partial charge in [0.15, 0.2) is 0 Å². The Balaban J connectivity index is 5.13. The number of carboxylic acid groups (broad SMARTS) is 1. The number of hydrogen-bond acceptors (Lipinski definition) is 5. The van der Waals surface area contributed by atoms with Crippen molar-refractivity contribution in [1.82, 2.24) is 0 Å². The third kappa shape index (κ3) is 2.61. The first-order chi connectivity index (χ1) is 5.84. The molecule has 9 heteroatoms. The van der Waals surface area contributed by atoms with Crippen LogP contribution in [0.15, 0.2) is 10.3 Å². The second-order valence-corrected chi connectivity index (χ2v) is 1.70. The lowest BCUT2D eigenvalue weighted by Crippen LogP contribution is -2.36. The Morgan fingerprint density at radius 2 is 1.62 bits per heavy atom. The van der Waals surface area contributed by atoms with Crippen molar-refractivity contribution in [2.75, 3.05) is 0 Å². The summed E-state index contributed by atoms with van der Waals surface area (Å²) in [5, 5.41) is 27.3. The van der Waals surface area contributed by atoms with Crippen LogP contribution < -0.4 is 0 Å². The van der Waals surface area contributed by atoms with Crippen molar-refractivity contribution < 1.29 is 33.5 Å². The summed E-state index contributed by atoms with van der Waals surface area (Å²) in [6, 6.07) is 0. The lowest BCUT2D eigenvalue weighted by molar-refractivity contribution is -0.129. The van der Waals surface area contributed by atoms with Crippen molar-refractivity contribution in [3.8, 4) is 0 Å². The molecule has 0 aromatic heterocycles. The van der Waals surface area contributed by atoms with E-state index in [-0.39, 0.29) is 0 Å². The molecule has 0 amide bonds. The van der Waals surface area contributed by atoms with E-state index in [0.29, 0.717) is 0 Å². The van der Waals surface area contributed by atoms with E-state index in [1.807, 2.05) is 5.16 Å². The molecule has 0 heterocycles. The molecule has 13 heavy (non-hydrogen) atoms. The van der Waals surface area contributed by atoms with Crippen LogP contribution in [0.25, 0.3) is 0 Å². The van der Waals surface area contributed by atoms with E-state index in [2.05, 4.69) is 0 Å². The minimum absolute atomic E-state index is 1.67. The van der Waals surface area contributed by atoms with Crippen LogP contribution in [0, 0.1) is 0 Å². The predicted octanol–water partition coefficient (Wildman–Crippen LogP) is 0.294. The van der Waals surface area contributed by atoms with Crippen LogP contribution in [0.5, 0.6) is 0 Å². The smallest absolute Gasteiger partial charge is 0.439 e. The molecule has 6 nitrogen and oxygen atoms in total. The highest BCUT2D eigenvalue weighted by atomic mass is 19.4. The number of alkyl halides is 3. The zero-order chi connectivity index (χ0) is 10.6. The number of oxime groups is 2. The molecule has 0 saturated carbocycles. The lowest BCUT2D eigenvalue weighted by Gasteiger charge is -2.05. The monoisotopic (exact) mass is 200 g/mol. The fourth-order valence-corrected chi connectivity index (χ4v) is 0.430. The molecule has 0 aromatic carbocycles. The molecular formula is C4H3F3N2O4. The summed E-state index contributed by atoms with van der Waals surface area (Å²) in [5.41, 5.74) is -3.96. The maximum absolute atomic E-state index is 11.8. The highest BCUT2D eigenvalue weighted by Gasteiger charge is 2.43. The van der Waals surface area contributed by atoms with E-state index >= 15 is 0 Å². The minimum Gasteiger partial charge on any atom is -0.476 e. The zero-order valence-corrected chi connectivity index (χ0v) is 5.78. The molecule has 0 saturated heterocycles. The predicted molar refractivity (Wildman–Crippen MR) is 32.1 cm³/mol. The SMILES string of the molecule is O=C(O)C(=NO)C(=NO)C(F)(F)F. The summed E-state index contributed by atoms with van der Waals surface area (Å²) in [6.45, 7) is 0. The van der Waals surface area contributed by atoms with Crippen molar-refractivity contribution in [2.24, 2.45) is 10.3 Å². The Morgan fingerprint density at radius 1 is 1.15 bits per heavy atom. The number of carboxylic acids is 1. The van der Waals surface area contributed by atoms with Gasteiger partial charge in [-0.05, 0) is 0 Å². The largest absolute Gasteiger partial charge is 0.476 e. The second-order valence-electron chi connectivity index (χ2n) is 1.70. The maximum atomic E-state index is 11.8. The lowest BCUT2D eigenvalue weighted by atomic mass is 10.2. The quantitative estimate of drug-likeness (QED) is 0.338. The van der Waals surface area contributed by atoms with Gasteiger partial charge < -0.3 is 15.5 Å². The molecule has 0 unspecified atom stereocenters. The fourth-order valence-electron chi connectivity index (χ4n) is 0.430. The van der Waals surface area contributed by atoms with Crippen molar-refractivity contribution in [3.63, 3.8) is 0 Å². The molecule has 0 fully saturated rings. The van der Waals surface area contributed by atoms with Gasteiger partial charge in [0.05, 0.1) is 0 Å². The van der Waals surface area contributed by atoms with E-state index in [0.717, 1.165) is 0 Å². The van der Waals surface area contributed by atoms with E-state index < -0.39 is 23.6 Å². The van der Waals surface area contributed by atoms with Gasteiger partial charge in [-0.1, -0.05) is 10.3 Å². The molecule has 0 aromatic rings. The molecule has 0 aliphatic rings. The first kappa shape index (κ1) is 11.2. The van der Waals surface area contributed by atoms with E-state index in [1.165, 1.54) is 0 Å². The summed E-state index contributed by atoms with van der Waals surface area (Å²) >= 11 is 0. The summed E-state index contributed by atoms with van der Waals surface area (Å²) in [5.74, 6) is -2.16. The average Bonchev–Trinajstić information content (AvgIpc) is 1.96. The van der Waals surface area contributed by atoms with Crippen molar-refractivity contribution in [1.29, 1.82) is 0 Å². The van der Waals surface area contributed by atoms with Gasteiger partial charge in [0.25, 0.3) is 0 Å². The molecule has 0 aliphatic heterocycles. The number of rotatable bonds is 2. The maximum Gasteiger partial charge on any atom is 0.439 e. The van der Waals surface area contributed by atoms with Crippen molar-refractivity contribution in [3.05, 3.63) is 0 Å². The van der Waals surface area contributed by atoms with E-state index in [9.17, 15) is 18.0 Å². The Bertz CT molecular complexity index is 269. The first-order valence-corrected chi connectivity index (χ1v) is 2.59. The van der Waals surface area contributed by atoms with Gasteiger partial charge in [0.2, 0.25) is 11.4 Å². The third-order valence-corrected chi connectivity index (χ3v) is 0.895. The van der Waals surface area contributed by atoms with E-state index in [1.54, 1.807) is 5.16 Å². The summed E-state index contributed by atoms with van der Waals surface area (Å²) in [7, 11) is 0. The first-order valence-electron chi connectivity index (χ1n) is 2.59. The topological polar surface area (TPSA) is 102 Å². The number of halogens is 3. The molecule has 0 radical (unpaired) electrons. The normalized spacial score (nSPS) is 14.4. The van der Waals surface area contributed by atoms with Gasteiger partial charge in [-0.15, -0.1) is 0 Å². The van der Waals surface area contributed by atoms with Crippen LogP contribution in [0.3, 0.4) is 0 Å². The van der Waals surface area contributed by atoms with Gasteiger partial charge in [-0.3, -0.25) is 0 Å². The highest BCUT2D eigenvalue weighted by Crippen LogP contribution is 2.18. The van der Waals surface area contributed by atoms with Gasteiger partial charge in [0.1, 0.15) is 0 Å². The van der Waals surface area contributed by atoms with Crippen LogP contribution in [0.4, 0.5) is 13.2 Å². The Hall–Kier alpha value is -1.80. The summed E-state index contributed by atoms with van der Waals surface area (Å²) in [6.07, 6.45) is -5.20. The average molecular weight is 200 g/mol. The van der Waals surface area contributed by atoms with Crippen molar-refractivity contribution >= 4 is 17.4 Å². The van der Waals surface area contributed by atoms with Crippen LogP contribution in [0.2, 0.25) is 0 Å². The van der Waals surface area contributed by atoms with Gasteiger partial charge >= 0.3 is 12.1 Å². The molecule has 0 spiro atoms. The summed E-state index contributed by atoms with van der Waals surface area (Å²) < 4.78 is 35.3. The molecule has 0 rings (SSSR count). The second kappa shape index (κ2) is 3.74. The van der Waals surface area contributed by atoms with Gasteiger partial charge in [-0.25, -0.2) is 4.79 Å². The van der Waals surface area contributed by atoms with Crippen LogP contribution >= 0.6 is 0 Å². The Labute approximate surface area is 68.6 Å². The molecule has 3 N–H and O–H groups in total. The molecule has 0 bridgehead atoms.